The molecule has 11 heteroatoms. The zero-order chi connectivity index (χ0) is 20.0. The molecule has 0 amide bonds. The number of hydrogen-bond acceptors (Lipinski definition) is 11. The molecule has 146 valence electrons. The van der Waals surface area contributed by atoms with E-state index in [2.05, 4.69) is 4.74 Å². The van der Waals surface area contributed by atoms with E-state index in [0.29, 0.717) is 0 Å². The maximum atomic E-state index is 12.0. The van der Waals surface area contributed by atoms with Crippen LogP contribution in [0.1, 0.15) is 27.7 Å². The Morgan fingerprint density at radius 2 is 1.08 bits per heavy atom. The lowest BCUT2D eigenvalue weighted by Gasteiger charge is -2.42. The summed E-state index contributed by atoms with van der Waals surface area (Å²) in [5.41, 5.74) is 0. The summed E-state index contributed by atoms with van der Waals surface area (Å²) in [4.78, 5) is 57.7. The summed E-state index contributed by atoms with van der Waals surface area (Å²) >= 11 is 0. The third-order valence-corrected chi connectivity index (χ3v) is 3.12. The fourth-order valence-electron chi connectivity index (χ4n) is 2.34. The normalized spacial score (nSPS) is 27.7. The standard InChI is InChI=1S/C15H20O11/c1-6(16)22-10-11(23-7(2)17)13(24-8(3)18)15(25-9(4)19)26-12(10)14(20)21-5/h10-13,15H,1-5H3/t10-,11-,12-,13+,15-/m1/s1. The lowest BCUT2D eigenvalue weighted by molar-refractivity contribution is -0.294. The van der Waals surface area contributed by atoms with Crippen LogP contribution >= 0.6 is 0 Å². The van der Waals surface area contributed by atoms with Gasteiger partial charge in [0.2, 0.25) is 12.4 Å². The molecule has 0 unspecified atom stereocenters. The first-order valence-electron chi connectivity index (χ1n) is 7.49. The molecule has 0 saturated carbocycles. The molecule has 0 radical (unpaired) electrons. The van der Waals surface area contributed by atoms with Crippen molar-refractivity contribution in [3.63, 3.8) is 0 Å². The SMILES string of the molecule is COC(=O)[C@@H]1O[C@@H](OC(C)=O)[C@@H](OC(C)=O)[C@H](OC(C)=O)[C@H]1OC(C)=O. The first kappa shape index (κ1) is 21.4. The van der Waals surface area contributed by atoms with Crippen LogP contribution in [-0.2, 0) is 52.4 Å². The summed E-state index contributed by atoms with van der Waals surface area (Å²) in [5, 5.41) is 0. The number of methoxy groups -OCH3 is 1. The van der Waals surface area contributed by atoms with Crippen LogP contribution in [-0.4, -0.2) is 67.7 Å². The maximum Gasteiger partial charge on any atom is 0.339 e. The van der Waals surface area contributed by atoms with Gasteiger partial charge in [0.15, 0.2) is 18.3 Å². The smallest absolute Gasteiger partial charge is 0.339 e. The summed E-state index contributed by atoms with van der Waals surface area (Å²) in [6.45, 7) is 4.22. The second-order valence-corrected chi connectivity index (χ2v) is 5.28. The van der Waals surface area contributed by atoms with Gasteiger partial charge in [-0.15, -0.1) is 0 Å². The van der Waals surface area contributed by atoms with Gasteiger partial charge in [0.05, 0.1) is 7.11 Å². The van der Waals surface area contributed by atoms with Crippen LogP contribution in [0.5, 0.6) is 0 Å². The number of esters is 5. The Hall–Kier alpha value is -2.69. The van der Waals surface area contributed by atoms with Crippen LogP contribution in [0.15, 0.2) is 0 Å². The summed E-state index contributed by atoms with van der Waals surface area (Å²) in [6, 6.07) is 0. The Morgan fingerprint density at radius 3 is 1.50 bits per heavy atom. The van der Waals surface area contributed by atoms with Crippen LogP contribution in [0.25, 0.3) is 0 Å². The van der Waals surface area contributed by atoms with E-state index < -0.39 is 60.6 Å². The van der Waals surface area contributed by atoms with Crippen LogP contribution in [0.4, 0.5) is 0 Å². The van der Waals surface area contributed by atoms with Crippen LogP contribution in [0, 0.1) is 0 Å². The van der Waals surface area contributed by atoms with Gasteiger partial charge in [-0.2, -0.15) is 0 Å². The highest BCUT2D eigenvalue weighted by atomic mass is 16.7. The van der Waals surface area contributed by atoms with Gasteiger partial charge in [-0.05, 0) is 0 Å². The molecule has 0 aromatic heterocycles. The zero-order valence-electron chi connectivity index (χ0n) is 14.9. The number of ether oxygens (including phenoxy) is 6. The summed E-state index contributed by atoms with van der Waals surface area (Å²) in [7, 11) is 1.05. The lowest BCUT2D eigenvalue weighted by atomic mass is 9.97. The van der Waals surface area contributed by atoms with Gasteiger partial charge in [0, 0.05) is 27.7 Å². The van der Waals surface area contributed by atoms with Crippen molar-refractivity contribution < 1.29 is 52.4 Å². The third kappa shape index (κ3) is 5.69. The van der Waals surface area contributed by atoms with Crippen LogP contribution in [0.3, 0.4) is 0 Å². The Morgan fingerprint density at radius 1 is 0.654 bits per heavy atom. The second-order valence-electron chi connectivity index (χ2n) is 5.28. The predicted octanol–water partition coefficient (Wildman–Crippen LogP) is -0.757. The molecule has 26 heavy (non-hydrogen) atoms. The van der Waals surface area contributed by atoms with Gasteiger partial charge in [-0.25, -0.2) is 4.79 Å². The number of hydrogen-bond donors (Lipinski definition) is 0. The average Bonchev–Trinajstić information content (AvgIpc) is 2.50. The van der Waals surface area contributed by atoms with Crippen molar-refractivity contribution >= 4 is 29.8 Å². The Labute approximate surface area is 148 Å². The molecule has 1 rings (SSSR count). The van der Waals surface area contributed by atoms with Gasteiger partial charge >= 0.3 is 29.8 Å². The fourth-order valence-corrected chi connectivity index (χ4v) is 2.34. The monoisotopic (exact) mass is 376 g/mol. The van der Waals surface area contributed by atoms with Crippen molar-refractivity contribution in [3.05, 3.63) is 0 Å². The molecule has 0 aliphatic carbocycles. The van der Waals surface area contributed by atoms with Gasteiger partial charge in [0.1, 0.15) is 0 Å². The van der Waals surface area contributed by atoms with E-state index in [0.717, 1.165) is 34.8 Å². The highest BCUT2D eigenvalue weighted by Gasteiger charge is 2.56. The first-order valence-corrected chi connectivity index (χ1v) is 7.49. The minimum Gasteiger partial charge on any atom is -0.467 e. The largest absolute Gasteiger partial charge is 0.467 e. The molecule has 5 atom stereocenters. The minimum atomic E-state index is -1.60. The second kappa shape index (κ2) is 9.13. The van der Waals surface area contributed by atoms with Gasteiger partial charge in [0.25, 0.3) is 0 Å². The molecule has 0 aromatic carbocycles. The highest BCUT2D eigenvalue weighted by molar-refractivity contribution is 5.77. The molecule has 1 heterocycles. The number of carbonyl (C=O) groups excluding carboxylic acids is 5. The molecule has 0 N–H and O–H groups in total. The molecule has 1 aliphatic heterocycles. The summed E-state index contributed by atoms with van der Waals surface area (Å²) < 4.78 is 30.0. The van der Waals surface area contributed by atoms with Crippen molar-refractivity contribution in [1.29, 1.82) is 0 Å². The maximum absolute atomic E-state index is 12.0. The quantitative estimate of drug-likeness (QED) is 0.441. The van der Waals surface area contributed by atoms with Gasteiger partial charge in [-0.3, -0.25) is 19.2 Å². The van der Waals surface area contributed by atoms with Crippen molar-refractivity contribution in [2.45, 2.75) is 58.4 Å². The first-order chi connectivity index (χ1) is 12.1. The van der Waals surface area contributed by atoms with Crippen molar-refractivity contribution in [2.75, 3.05) is 7.11 Å². The molecule has 1 saturated heterocycles. The number of rotatable bonds is 5. The van der Waals surface area contributed by atoms with Crippen LogP contribution in [0.2, 0.25) is 0 Å². The molecule has 11 nitrogen and oxygen atoms in total. The van der Waals surface area contributed by atoms with Gasteiger partial charge < -0.3 is 28.4 Å². The Balaban J connectivity index is 3.37. The highest BCUT2D eigenvalue weighted by Crippen LogP contribution is 2.30. The topological polar surface area (TPSA) is 141 Å². The molecule has 1 fully saturated rings. The molecule has 0 bridgehead atoms. The molecular formula is C15H20O11. The van der Waals surface area contributed by atoms with Crippen LogP contribution < -0.4 is 0 Å². The Kier molecular flexibility index (Phi) is 7.50. The molecule has 1 aliphatic rings. The minimum absolute atomic E-state index is 0.814. The third-order valence-electron chi connectivity index (χ3n) is 3.12. The molecule has 0 spiro atoms. The number of carbonyl (C=O) groups is 5. The summed E-state index contributed by atoms with van der Waals surface area (Å²) in [6.07, 6.45) is -7.66. The summed E-state index contributed by atoms with van der Waals surface area (Å²) in [5.74, 6) is -4.25. The fraction of sp³-hybridized carbons (Fsp3) is 0.667. The average molecular weight is 376 g/mol. The van der Waals surface area contributed by atoms with E-state index in [4.69, 9.17) is 23.7 Å². The predicted molar refractivity (Wildman–Crippen MR) is 79.1 cm³/mol. The van der Waals surface area contributed by atoms with E-state index in [9.17, 15) is 24.0 Å². The van der Waals surface area contributed by atoms with Gasteiger partial charge in [-0.1, -0.05) is 0 Å². The van der Waals surface area contributed by atoms with Crippen molar-refractivity contribution in [3.8, 4) is 0 Å². The van der Waals surface area contributed by atoms with E-state index in [1.165, 1.54) is 0 Å². The zero-order valence-corrected chi connectivity index (χ0v) is 14.9. The van der Waals surface area contributed by atoms with E-state index >= 15 is 0 Å². The van der Waals surface area contributed by atoms with E-state index in [1.54, 1.807) is 0 Å². The lowest BCUT2D eigenvalue weighted by Crippen LogP contribution is -2.64. The van der Waals surface area contributed by atoms with E-state index in [1.807, 2.05) is 0 Å². The van der Waals surface area contributed by atoms with Crippen molar-refractivity contribution in [1.82, 2.24) is 0 Å². The Bertz CT molecular complexity index is 584. The molecular weight excluding hydrogens is 356 g/mol. The molecule has 0 aromatic rings. The van der Waals surface area contributed by atoms with Crippen molar-refractivity contribution in [2.24, 2.45) is 0 Å². The van der Waals surface area contributed by atoms with E-state index in [-0.39, 0.29) is 0 Å².